The summed E-state index contributed by atoms with van der Waals surface area (Å²) in [5.74, 6) is 0.0901. The number of aromatic nitrogens is 1. The Morgan fingerprint density at radius 3 is 2.36 bits per heavy atom. The van der Waals surface area contributed by atoms with E-state index in [-0.39, 0.29) is 24.4 Å². The van der Waals surface area contributed by atoms with Crippen LogP contribution in [0.15, 0.2) is 48.7 Å². The van der Waals surface area contributed by atoms with Gasteiger partial charge in [0.25, 0.3) is 0 Å². The molecule has 2 aromatic rings. The van der Waals surface area contributed by atoms with Crippen LogP contribution in [0.2, 0.25) is 0 Å². The van der Waals surface area contributed by atoms with Gasteiger partial charge in [-0.15, -0.1) is 0 Å². The van der Waals surface area contributed by atoms with Crippen LogP contribution in [0.5, 0.6) is 0 Å². The number of hydrogen-bond donors (Lipinski definition) is 0. The predicted octanol–water partition coefficient (Wildman–Crippen LogP) is 3.39. The van der Waals surface area contributed by atoms with Crippen molar-refractivity contribution >= 4 is 11.8 Å². The minimum atomic E-state index is 0.00307. The number of carbonyl (C=O) groups excluding carboxylic acids is 2. The maximum absolute atomic E-state index is 13.1. The summed E-state index contributed by atoms with van der Waals surface area (Å²) in [4.78, 5) is 29.6. The lowest BCUT2D eigenvalue weighted by atomic mass is 10.1. The van der Waals surface area contributed by atoms with Crippen LogP contribution in [0.4, 0.5) is 0 Å². The first kappa shape index (κ1) is 20.2. The van der Waals surface area contributed by atoms with Crippen molar-refractivity contribution in [1.29, 1.82) is 0 Å². The van der Waals surface area contributed by atoms with Gasteiger partial charge in [0, 0.05) is 37.4 Å². The first-order chi connectivity index (χ1) is 13.5. The van der Waals surface area contributed by atoms with E-state index in [9.17, 15) is 9.59 Å². The zero-order chi connectivity index (χ0) is 20.1. The van der Waals surface area contributed by atoms with Crippen LogP contribution in [0, 0.1) is 0 Å². The van der Waals surface area contributed by atoms with Gasteiger partial charge in [0.05, 0.1) is 13.1 Å². The van der Waals surface area contributed by atoms with Crippen LogP contribution in [-0.4, -0.2) is 44.8 Å². The fourth-order valence-corrected chi connectivity index (χ4v) is 3.48. The Morgan fingerprint density at radius 1 is 1.07 bits per heavy atom. The van der Waals surface area contributed by atoms with E-state index >= 15 is 0 Å². The molecule has 0 aliphatic heterocycles. The molecule has 0 bridgehead atoms. The van der Waals surface area contributed by atoms with Crippen LogP contribution in [0.1, 0.15) is 44.4 Å². The topological polar surface area (TPSA) is 45.6 Å². The van der Waals surface area contributed by atoms with Crippen molar-refractivity contribution in [3.8, 4) is 0 Å². The zero-order valence-electron chi connectivity index (χ0n) is 17.2. The fourth-order valence-electron chi connectivity index (χ4n) is 3.48. The van der Waals surface area contributed by atoms with Gasteiger partial charge < -0.3 is 14.4 Å². The second-order valence-electron chi connectivity index (χ2n) is 7.96. The highest BCUT2D eigenvalue weighted by molar-refractivity contribution is 5.85. The van der Waals surface area contributed by atoms with E-state index in [2.05, 4.69) is 0 Å². The molecule has 0 atom stereocenters. The van der Waals surface area contributed by atoms with Gasteiger partial charge in [-0.05, 0) is 50.8 Å². The molecule has 0 unspecified atom stereocenters. The van der Waals surface area contributed by atoms with Gasteiger partial charge in [-0.25, -0.2) is 0 Å². The van der Waals surface area contributed by atoms with Crippen molar-refractivity contribution < 1.29 is 9.59 Å². The summed E-state index contributed by atoms with van der Waals surface area (Å²) < 4.78 is 2.05. The van der Waals surface area contributed by atoms with Crippen molar-refractivity contribution in [2.75, 3.05) is 6.54 Å². The highest BCUT2D eigenvalue weighted by Gasteiger charge is 2.34. The summed E-state index contributed by atoms with van der Waals surface area (Å²) in [6, 6.07) is 14.4. The quantitative estimate of drug-likeness (QED) is 0.668. The van der Waals surface area contributed by atoms with Crippen molar-refractivity contribution in [2.24, 2.45) is 7.05 Å². The number of benzene rings is 1. The number of amides is 2. The molecule has 2 amide bonds. The van der Waals surface area contributed by atoms with Gasteiger partial charge >= 0.3 is 0 Å². The van der Waals surface area contributed by atoms with Gasteiger partial charge in [-0.2, -0.15) is 0 Å². The van der Waals surface area contributed by atoms with Crippen LogP contribution in [-0.2, 0) is 29.6 Å². The van der Waals surface area contributed by atoms with Crippen LogP contribution in [0.25, 0.3) is 0 Å². The smallest absolute Gasteiger partial charge is 0.242 e. The van der Waals surface area contributed by atoms with Crippen LogP contribution < -0.4 is 0 Å². The fraction of sp³-hybridized carbons (Fsp3) is 0.478. The van der Waals surface area contributed by atoms with Crippen molar-refractivity contribution in [3.05, 3.63) is 59.9 Å². The molecule has 1 aromatic carbocycles. The maximum atomic E-state index is 13.1. The van der Waals surface area contributed by atoms with E-state index in [4.69, 9.17) is 0 Å². The minimum absolute atomic E-state index is 0.00307. The van der Waals surface area contributed by atoms with Crippen LogP contribution >= 0.6 is 0 Å². The monoisotopic (exact) mass is 381 g/mol. The first-order valence-corrected chi connectivity index (χ1v) is 10.2. The molecule has 5 heteroatoms. The van der Waals surface area contributed by atoms with E-state index in [1.54, 1.807) is 4.90 Å². The lowest BCUT2D eigenvalue weighted by Gasteiger charge is -2.30. The summed E-state index contributed by atoms with van der Waals surface area (Å²) in [7, 11) is 2.00. The molecule has 1 fully saturated rings. The lowest BCUT2D eigenvalue weighted by molar-refractivity contribution is -0.142. The molecule has 150 valence electrons. The van der Waals surface area contributed by atoms with Gasteiger partial charge in [0.1, 0.15) is 0 Å². The number of nitrogens with zero attached hydrogens (tertiary/aromatic N) is 3. The molecular weight excluding hydrogens is 350 g/mol. The number of aryl methyl sites for hydroxylation is 2. The molecule has 0 radical (unpaired) electrons. The van der Waals surface area contributed by atoms with E-state index in [0.29, 0.717) is 25.4 Å². The second kappa shape index (κ2) is 9.09. The molecule has 1 heterocycles. The van der Waals surface area contributed by atoms with E-state index < -0.39 is 0 Å². The van der Waals surface area contributed by atoms with Crippen molar-refractivity contribution in [1.82, 2.24) is 14.4 Å². The molecule has 5 nitrogen and oxygen atoms in total. The standard InChI is InChI=1S/C23H31N3O2/c1-18(2)25(22(27)14-11-19-8-5-4-6-9-19)17-23(28)26(20-12-13-20)16-21-10-7-15-24(21)3/h4-10,15,18,20H,11-14,16-17H2,1-3H3. The Labute approximate surface area is 167 Å². The third kappa shape index (κ3) is 5.24. The second-order valence-corrected chi connectivity index (χ2v) is 7.96. The van der Waals surface area contributed by atoms with Gasteiger partial charge in [0.2, 0.25) is 11.8 Å². The molecule has 1 saturated carbocycles. The third-order valence-corrected chi connectivity index (χ3v) is 5.41. The Hall–Kier alpha value is -2.56. The van der Waals surface area contributed by atoms with Crippen molar-refractivity contribution in [3.63, 3.8) is 0 Å². The third-order valence-electron chi connectivity index (χ3n) is 5.41. The number of rotatable bonds is 9. The molecule has 0 N–H and O–H groups in total. The normalized spacial score (nSPS) is 13.6. The van der Waals surface area contributed by atoms with E-state index in [1.165, 1.54) is 0 Å². The lowest BCUT2D eigenvalue weighted by Crippen LogP contribution is -2.46. The average Bonchev–Trinajstić information content (AvgIpc) is 3.44. The SMILES string of the molecule is CC(C)N(CC(=O)N(Cc1cccn1C)C1CC1)C(=O)CCc1ccccc1. The molecule has 1 aliphatic carbocycles. The predicted molar refractivity (Wildman–Crippen MR) is 111 cm³/mol. The highest BCUT2D eigenvalue weighted by Crippen LogP contribution is 2.28. The largest absolute Gasteiger partial charge is 0.353 e. The highest BCUT2D eigenvalue weighted by atomic mass is 16.2. The molecule has 0 spiro atoms. The number of hydrogen-bond acceptors (Lipinski definition) is 2. The Bertz CT molecular complexity index is 793. The molecule has 1 aromatic heterocycles. The summed E-state index contributed by atoms with van der Waals surface area (Å²) in [6.45, 7) is 4.72. The Balaban J connectivity index is 1.62. The minimum Gasteiger partial charge on any atom is -0.353 e. The Morgan fingerprint density at radius 2 is 1.79 bits per heavy atom. The summed E-state index contributed by atoms with van der Waals surface area (Å²) in [5, 5.41) is 0. The number of carbonyl (C=O) groups is 2. The summed E-state index contributed by atoms with van der Waals surface area (Å²) in [5.41, 5.74) is 2.26. The summed E-state index contributed by atoms with van der Waals surface area (Å²) in [6.07, 6.45) is 5.24. The average molecular weight is 382 g/mol. The molecule has 28 heavy (non-hydrogen) atoms. The van der Waals surface area contributed by atoms with Gasteiger partial charge in [-0.3, -0.25) is 9.59 Å². The zero-order valence-corrected chi connectivity index (χ0v) is 17.2. The maximum Gasteiger partial charge on any atom is 0.242 e. The molecule has 1 aliphatic rings. The molecule has 0 saturated heterocycles. The van der Waals surface area contributed by atoms with E-state index in [1.807, 2.05) is 79.0 Å². The summed E-state index contributed by atoms with van der Waals surface area (Å²) >= 11 is 0. The molecule has 3 rings (SSSR count). The van der Waals surface area contributed by atoms with Gasteiger partial charge in [-0.1, -0.05) is 30.3 Å². The first-order valence-electron chi connectivity index (χ1n) is 10.2. The Kier molecular flexibility index (Phi) is 6.55. The van der Waals surface area contributed by atoms with Gasteiger partial charge in [0.15, 0.2) is 0 Å². The molecular formula is C23H31N3O2. The van der Waals surface area contributed by atoms with Crippen molar-refractivity contribution in [2.45, 2.75) is 58.2 Å². The van der Waals surface area contributed by atoms with E-state index in [0.717, 1.165) is 24.1 Å². The van der Waals surface area contributed by atoms with Crippen LogP contribution in [0.3, 0.4) is 0 Å².